The van der Waals surface area contributed by atoms with Crippen LogP contribution in [0.5, 0.6) is 0 Å². The normalized spacial score (nSPS) is 10.0. The maximum atomic E-state index is 12.3. The van der Waals surface area contributed by atoms with Gasteiger partial charge in [0.2, 0.25) is 5.91 Å². The standard InChI is InChI=1S/C19H20N2O4/c1-3-17(22)20-15-10-8-13(9-11-15)18(23)21-16-7-5-6-14(12-16)19(24)25-4-2/h5-12H,3-4H2,1-2H3,(H,20,22)(H,21,23). The molecule has 2 amide bonds. The topological polar surface area (TPSA) is 84.5 Å². The molecule has 2 N–H and O–H groups in total. The first-order valence-corrected chi connectivity index (χ1v) is 8.02. The van der Waals surface area contributed by atoms with Crippen LogP contribution in [0.4, 0.5) is 11.4 Å². The van der Waals surface area contributed by atoms with Crippen LogP contribution in [0, 0.1) is 0 Å². The van der Waals surface area contributed by atoms with Gasteiger partial charge in [0.1, 0.15) is 0 Å². The molecular formula is C19H20N2O4. The maximum absolute atomic E-state index is 12.3. The highest BCUT2D eigenvalue weighted by atomic mass is 16.5. The largest absolute Gasteiger partial charge is 0.462 e. The Kier molecular flexibility index (Phi) is 6.28. The summed E-state index contributed by atoms with van der Waals surface area (Å²) in [6.07, 6.45) is 0.388. The van der Waals surface area contributed by atoms with Crippen molar-refractivity contribution in [2.45, 2.75) is 20.3 Å². The molecule has 6 heteroatoms. The molecule has 25 heavy (non-hydrogen) atoms. The van der Waals surface area contributed by atoms with Crippen molar-refractivity contribution in [3.05, 3.63) is 59.7 Å². The second-order valence-electron chi connectivity index (χ2n) is 5.23. The summed E-state index contributed by atoms with van der Waals surface area (Å²) in [6.45, 7) is 3.79. The average molecular weight is 340 g/mol. The number of esters is 1. The Morgan fingerprint density at radius 3 is 2.24 bits per heavy atom. The van der Waals surface area contributed by atoms with Gasteiger partial charge in [-0.2, -0.15) is 0 Å². The highest BCUT2D eigenvalue weighted by Gasteiger charge is 2.10. The molecule has 0 spiro atoms. The van der Waals surface area contributed by atoms with Crippen molar-refractivity contribution < 1.29 is 19.1 Å². The monoisotopic (exact) mass is 340 g/mol. The Hall–Kier alpha value is -3.15. The van der Waals surface area contributed by atoms with Gasteiger partial charge in [-0.1, -0.05) is 13.0 Å². The van der Waals surface area contributed by atoms with Crippen molar-refractivity contribution in [3.63, 3.8) is 0 Å². The first-order chi connectivity index (χ1) is 12.0. The molecule has 0 saturated carbocycles. The molecule has 2 aromatic carbocycles. The van der Waals surface area contributed by atoms with E-state index in [1.165, 1.54) is 0 Å². The fourth-order valence-corrected chi connectivity index (χ4v) is 2.10. The fourth-order valence-electron chi connectivity index (χ4n) is 2.10. The predicted molar refractivity (Wildman–Crippen MR) is 95.7 cm³/mol. The van der Waals surface area contributed by atoms with E-state index in [0.29, 0.717) is 28.9 Å². The van der Waals surface area contributed by atoms with E-state index < -0.39 is 5.97 Å². The van der Waals surface area contributed by atoms with Gasteiger partial charge in [-0.3, -0.25) is 9.59 Å². The van der Waals surface area contributed by atoms with Crippen LogP contribution in [-0.2, 0) is 9.53 Å². The van der Waals surface area contributed by atoms with E-state index in [4.69, 9.17) is 4.74 Å². The summed E-state index contributed by atoms with van der Waals surface area (Å²) in [5.74, 6) is -0.836. The highest BCUT2D eigenvalue weighted by molar-refractivity contribution is 6.05. The summed E-state index contributed by atoms with van der Waals surface area (Å²) in [4.78, 5) is 35.4. The molecule has 0 saturated heterocycles. The minimum Gasteiger partial charge on any atom is -0.462 e. The zero-order chi connectivity index (χ0) is 18.2. The molecule has 2 rings (SSSR count). The first kappa shape index (κ1) is 18.2. The van der Waals surface area contributed by atoms with E-state index in [9.17, 15) is 14.4 Å². The van der Waals surface area contributed by atoms with Crippen LogP contribution in [0.2, 0.25) is 0 Å². The van der Waals surface area contributed by atoms with Crippen LogP contribution >= 0.6 is 0 Å². The summed E-state index contributed by atoms with van der Waals surface area (Å²) >= 11 is 0. The highest BCUT2D eigenvalue weighted by Crippen LogP contribution is 2.15. The van der Waals surface area contributed by atoms with E-state index >= 15 is 0 Å². The molecule has 0 aliphatic rings. The van der Waals surface area contributed by atoms with Gasteiger partial charge in [0.15, 0.2) is 0 Å². The molecule has 0 aromatic heterocycles. The van der Waals surface area contributed by atoms with E-state index in [1.807, 2.05) is 0 Å². The number of hydrogen-bond donors (Lipinski definition) is 2. The second kappa shape index (κ2) is 8.63. The SMILES string of the molecule is CCOC(=O)c1cccc(NC(=O)c2ccc(NC(=O)CC)cc2)c1. The van der Waals surface area contributed by atoms with Crippen LogP contribution in [-0.4, -0.2) is 24.4 Å². The third-order valence-electron chi connectivity index (χ3n) is 3.38. The molecule has 0 fully saturated rings. The van der Waals surface area contributed by atoms with Gasteiger partial charge in [-0.25, -0.2) is 4.79 Å². The van der Waals surface area contributed by atoms with E-state index in [2.05, 4.69) is 10.6 Å². The number of anilines is 2. The molecule has 0 radical (unpaired) electrons. The molecule has 130 valence electrons. The molecule has 0 atom stereocenters. The zero-order valence-electron chi connectivity index (χ0n) is 14.2. The van der Waals surface area contributed by atoms with Crippen LogP contribution < -0.4 is 10.6 Å². The Labute approximate surface area is 146 Å². The third kappa shape index (κ3) is 5.17. The number of nitrogens with one attached hydrogen (secondary N) is 2. The van der Waals surface area contributed by atoms with Crippen molar-refractivity contribution in [2.24, 2.45) is 0 Å². The summed E-state index contributed by atoms with van der Waals surface area (Å²) in [6, 6.07) is 13.1. The Morgan fingerprint density at radius 1 is 0.880 bits per heavy atom. The molecule has 0 aliphatic carbocycles. The Balaban J connectivity index is 2.05. The Morgan fingerprint density at radius 2 is 1.60 bits per heavy atom. The third-order valence-corrected chi connectivity index (χ3v) is 3.38. The predicted octanol–water partition coefficient (Wildman–Crippen LogP) is 3.46. The summed E-state index contributed by atoms with van der Waals surface area (Å²) < 4.78 is 4.94. The lowest BCUT2D eigenvalue weighted by molar-refractivity contribution is -0.115. The number of amides is 2. The van der Waals surface area contributed by atoms with E-state index in [0.717, 1.165) is 0 Å². The zero-order valence-corrected chi connectivity index (χ0v) is 14.2. The number of hydrogen-bond acceptors (Lipinski definition) is 4. The molecule has 6 nitrogen and oxygen atoms in total. The van der Waals surface area contributed by atoms with Gasteiger partial charge in [-0.05, 0) is 49.4 Å². The lowest BCUT2D eigenvalue weighted by Gasteiger charge is -2.08. The van der Waals surface area contributed by atoms with Gasteiger partial charge in [0.25, 0.3) is 5.91 Å². The maximum Gasteiger partial charge on any atom is 0.338 e. The van der Waals surface area contributed by atoms with Gasteiger partial charge < -0.3 is 15.4 Å². The lowest BCUT2D eigenvalue weighted by Crippen LogP contribution is -2.13. The summed E-state index contributed by atoms with van der Waals surface area (Å²) in [5.41, 5.74) is 1.94. The lowest BCUT2D eigenvalue weighted by atomic mass is 10.1. The number of carbonyl (C=O) groups excluding carboxylic acids is 3. The van der Waals surface area contributed by atoms with Crippen LogP contribution in [0.15, 0.2) is 48.5 Å². The van der Waals surface area contributed by atoms with Gasteiger partial charge in [0, 0.05) is 23.4 Å². The number of carbonyl (C=O) groups is 3. The molecular weight excluding hydrogens is 320 g/mol. The summed E-state index contributed by atoms with van der Waals surface area (Å²) in [7, 11) is 0. The van der Waals surface area contributed by atoms with Gasteiger partial charge >= 0.3 is 5.97 Å². The average Bonchev–Trinajstić information content (AvgIpc) is 2.62. The van der Waals surface area contributed by atoms with Crippen molar-refractivity contribution in [3.8, 4) is 0 Å². The molecule has 0 heterocycles. The van der Waals surface area contributed by atoms with Gasteiger partial charge in [-0.15, -0.1) is 0 Å². The Bertz CT molecular complexity index is 769. The van der Waals surface area contributed by atoms with Gasteiger partial charge in [0.05, 0.1) is 12.2 Å². The molecule has 0 bridgehead atoms. The second-order valence-corrected chi connectivity index (χ2v) is 5.23. The van der Waals surface area contributed by atoms with Crippen LogP contribution in [0.3, 0.4) is 0 Å². The first-order valence-electron chi connectivity index (χ1n) is 8.02. The summed E-state index contributed by atoms with van der Waals surface area (Å²) in [5, 5.41) is 5.45. The molecule has 2 aromatic rings. The quantitative estimate of drug-likeness (QED) is 0.789. The van der Waals surface area contributed by atoms with Crippen LogP contribution in [0.25, 0.3) is 0 Å². The molecule has 0 aliphatic heterocycles. The van der Waals surface area contributed by atoms with E-state index in [1.54, 1.807) is 62.4 Å². The fraction of sp³-hybridized carbons (Fsp3) is 0.211. The van der Waals surface area contributed by atoms with Crippen LogP contribution in [0.1, 0.15) is 41.0 Å². The van der Waals surface area contributed by atoms with Crippen molar-refractivity contribution in [1.29, 1.82) is 0 Å². The number of rotatable bonds is 6. The smallest absolute Gasteiger partial charge is 0.338 e. The van der Waals surface area contributed by atoms with E-state index in [-0.39, 0.29) is 18.4 Å². The minimum absolute atomic E-state index is 0.0898. The number of benzene rings is 2. The van der Waals surface area contributed by atoms with Crippen molar-refractivity contribution >= 4 is 29.2 Å². The molecule has 0 unspecified atom stereocenters. The minimum atomic E-state index is -0.436. The van der Waals surface area contributed by atoms with Crippen molar-refractivity contribution in [2.75, 3.05) is 17.2 Å². The number of ether oxygens (including phenoxy) is 1. The van der Waals surface area contributed by atoms with Crippen molar-refractivity contribution in [1.82, 2.24) is 0 Å².